The maximum atomic E-state index is 12.7. The summed E-state index contributed by atoms with van der Waals surface area (Å²) in [5, 5.41) is 0. The third-order valence-corrected chi connectivity index (χ3v) is 6.36. The first-order valence-electron chi connectivity index (χ1n) is 10.3. The molecule has 32 heavy (non-hydrogen) atoms. The summed E-state index contributed by atoms with van der Waals surface area (Å²) in [5.41, 5.74) is 3.50. The normalized spacial score (nSPS) is 18.9. The Hall–Kier alpha value is -3.29. The molecule has 0 spiro atoms. The number of carbonyl (C=O) groups excluding carboxylic acids is 1. The minimum Gasteiger partial charge on any atom is -0.493 e. The molecule has 1 aliphatic carbocycles. The standard InChI is InChI=1S/C24H28O8/c1-26-18-9-14-15-10-19(27-2)23(31-6)21(29-4)17(15)8-13-12(11-32-24(13)25)7-16(14)20(28-3)22(18)30-5/h9-10,12-13H,7-8,11H2,1-6H3/t12-,13+/m0/s1. The van der Waals surface area contributed by atoms with E-state index in [-0.39, 0.29) is 17.8 Å². The van der Waals surface area contributed by atoms with Crippen molar-refractivity contribution in [2.45, 2.75) is 12.8 Å². The van der Waals surface area contributed by atoms with Crippen LogP contribution in [-0.2, 0) is 22.4 Å². The zero-order valence-electron chi connectivity index (χ0n) is 19.2. The third-order valence-electron chi connectivity index (χ3n) is 6.36. The highest BCUT2D eigenvalue weighted by molar-refractivity contribution is 5.84. The molecule has 0 unspecified atom stereocenters. The van der Waals surface area contributed by atoms with Gasteiger partial charge in [0.15, 0.2) is 23.0 Å². The van der Waals surface area contributed by atoms with Crippen molar-refractivity contribution >= 4 is 5.97 Å². The van der Waals surface area contributed by atoms with Crippen molar-refractivity contribution in [3.05, 3.63) is 23.3 Å². The molecule has 8 nitrogen and oxygen atoms in total. The highest BCUT2D eigenvalue weighted by atomic mass is 16.5. The Morgan fingerprint density at radius 2 is 1.16 bits per heavy atom. The first-order valence-corrected chi connectivity index (χ1v) is 10.3. The average Bonchev–Trinajstić information content (AvgIpc) is 3.14. The number of ether oxygens (including phenoxy) is 7. The Labute approximate surface area is 187 Å². The van der Waals surface area contributed by atoms with Crippen molar-refractivity contribution in [1.82, 2.24) is 0 Å². The molecule has 0 bridgehead atoms. The van der Waals surface area contributed by atoms with E-state index in [9.17, 15) is 4.79 Å². The van der Waals surface area contributed by atoms with Crippen LogP contribution in [0.1, 0.15) is 11.1 Å². The fourth-order valence-electron chi connectivity index (χ4n) is 4.86. The number of benzene rings is 2. The van der Waals surface area contributed by atoms with Gasteiger partial charge in [0.1, 0.15) is 0 Å². The first kappa shape index (κ1) is 21.9. The van der Waals surface area contributed by atoms with E-state index in [1.165, 1.54) is 0 Å². The Kier molecular flexibility index (Phi) is 5.95. The molecular formula is C24H28O8. The Balaban J connectivity index is 2.12. The van der Waals surface area contributed by atoms with Crippen LogP contribution in [0.2, 0.25) is 0 Å². The van der Waals surface area contributed by atoms with Crippen molar-refractivity contribution in [2.24, 2.45) is 11.8 Å². The number of rotatable bonds is 6. The number of carbonyl (C=O) groups is 1. The molecule has 1 saturated heterocycles. The van der Waals surface area contributed by atoms with E-state index in [0.29, 0.717) is 53.9 Å². The molecule has 2 aliphatic rings. The molecule has 0 N–H and O–H groups in total. The highest BCUT2D eigenvalue weighted by Crippen LogP contribution is 2.53. The van der Waals surface area contributed by atoms with E-state index in [0.717, 1.165) is 22.3 Å². The van der Waals surface area contributed by atoms with Crippen molar-refractivity contribution in [3.63, 3.8) is 0 Å². The van der Waals surface area contributed by atoms with Gasteiger partial charge in [-0.1, -0.05) is 0 Å². The van der Waals surface area contributed by atoms with Crippen molar-refractivity contribution in [2.75, 3.05) is 49.3 Å². The largest absolute Gasteiger partial charge is 0.493 e. The van der Waals surface area contributed by atoms with Crippen LogP contribution in [0.5, 0.6) is 34.5 Å². The van der Waals surface area contributed by atoms with Gasteiger partial charge in [-0.05, 0) is 36.1 Å². The second kappa shape index (κ2) is 8.68. The molecular weight excluding hydrogens is 416 g/mol. The number of cyclic esters (lactones) is 1. The monoisotopic (exact) mass is 444 g/mol. The van der Waals surface area contributed by atoms with Crippen LogP contribution in [0.4, 0.5) is 0 Å². The molecule has 2 atom stereocenters. The van der Waals surface area contributed by atoms with E-state index in [1.807, 2.05) is 12.1 Å². The summed E-state index contributed by atoms with van der Waals surface area (Å²) in [5.74, 6) is 2.61. The molecule has 2 aromatic rings. The second-order valence-corrected chi connectivity index (χ2v) is 7.75. The number of hydrogen-bond donors (Lipinski definition) is 0. The van der Waals surface area contributed by atoms with Crippen molar-refractivity contribution in [1.29, 1.82) is 0 Å². The van der Waals surface area contributed by atoms with Gasteiger partial charge in [-0.2, -0.15) is 0 Å². The van der Waals surface area contributed by atoms with E-state index in [4.69, 9.17) is 33.2 Å². The van der Waals surface area contributed by atoms with Crippen molar-refractivity contribution in [3.8, 4) is 45.6 Å². The molecule has 0 radical (unpaired) electrons. The lowest BCUT2D eigenvalue weighted by Crippen LogP contribution is -2.24. The van der Waals surface area contributed by atoms with Crippen LogP contribution < -0.4 is 28.4 Å². The third kappa shape index (κ3) is 3.25. The van der Waals surface area contributed by atoms with Crippen LogP contribution in [0.15, 0.2) is 12.1 Å². The zero-order valence-corrected chi connectivity index (χ0v) is 19.2. The number of esters is 1. The van der Waals surface area contributed by atoms with Crippen LogP contribution in [0.25, 0.3) is 11.1 Å². The Morgan fingerprint density at radius 1 is 0.688 bits per heavy atom. The van der Waals surface area contributed by atoms with Gasteiger partial charge < -0.3 is 33.2 Å². The van der Waals surface area contributed by atoms with Gasteiger partial charge in [0.05, 0.1) is 55.2 Å². The van der Waals surface area contributed by atoms with Gasteiger partial charge in [-0.3, -0.25) is 4.79 Å². The molecule has 8 heteroatoms. The fraction of sp³-hybridized carbons (Fsp3) is 0.458. The molecule has 172 valence electrons. The first-order chi connectivity index (χ1) is 15.5. The van der Waals surface area contributed by atoms with E-state index in [2.05, 4.69) is 0 Å². The Morgan fingerprint density at radius 3 is 1.59 bits per heavy atom. The quantitative estimate of drug-likeness (QED) is 0.628. The summed E-state index contributed by atoms with van der Waals surface area (Å²) in [4.78, 5) is 12.7. The average molecular weight is 444 g/mol. The van der Waals surface area contributed by atoms with Crippen molar-refractivity contribution < 1.29 is 38.0 Å². The summed E-state index contributed by atoms with van der Waals surface area (Å²) in [6.07, 6.45) is 1.05. The summed E-state index contributed by atoms with van der Waals surface area (Å²) in [6, 6.07) is 3.83. The minimum atomic E-state index is -0.313. The lowest BCUT2D eigenvalue weighted by molar-refractivity contribution is -0.141. The number of hydrogen-bond acceptors (Lipinski definition) is 8. The molecule has 0 aromatic heterocycles. The maximum absolute atomic E-state index is 12.7. The molecule has 2 aromatic carbocycles. The maximum Gasteiger partial charge on any atom is 0.309 e. The summed E-state index contributed by atoms with van der Waals surface area (Å²) in [6.45, 7) is 0.353. The number of methoxy groups -OCH3 is 6. The molecule has 0 amide bonds. The summed E-state index contributed by atoms with van der Waals surface area (Å²) in [7, 11) is 9.48. The molecule has 0 saturated carbocycles. The number of fused-ring (bicyclic) bond motifs is 4. The molecule has 1 heterocycles. The van der Waals surface area contributed by atoms with Gasteiger partial charge in [-0.15, -0.1) is 0 Å². The van der Waals surface area contributed by atoms with Crippen LogP contribution in [-0.4, -0.2) is 55.2 Å². The predicted molar refractivity (Wildman–Crippen MR) is 117 cm³/mol. The molecule has 4 rings (SSSR count). The second-order valence-electron chi connectivity index (χ2n) is 7.75. The molecule has 1 aliphatic heterocycles. The predicted octanol–water partition coefficient (Wildman–Crippen LogP) is 3.29. The minimum absolute atomic E-state index is 0.0146. The van der Waals surface area contributed by atoms with E-state index < -0.39 is 0 Å². The van der Waals surface area contributed by atoms with E-state index in [1.54, 1.807) is 42.7 Å². The SMILES string of the molecule is COc1cc2c(c(OC)c1OC)C[C@H]1COC(=O)[C@@H]1Cc1c-2cc(OC)c(OC)c1OC. The van der Waals surface area contributed by atoms with Gasteiger partial charge >= 0.3 is 5.97 Å². The highest BCUT2D eigenvalue weighted by Gasteiger charge is 2.42. The van der Waals surface area contributed by atoms with Gasteiger partial charge in [0.25, 0.3) is 0 Å². The topological polar surface area (TPSA) is 81.7 Å². The Bertz CT molecular complexity index is 1050. The zero-order chi connectivity index (χ0) is 23.0. The smallest absolute Gasteiger partial charge is 0.309 e. The van der Waals surface area contributed by atoms with Gasteiger partial charge in [-0.25, -0.2) is 0 Å². The fourth-order valence-corrected chi connectivity index (χ4v) is 4.86. The lowest BCUT2D eigenvalue weighted by atomic mass is 9.77. The summed E-state index contributed by atoms with van der Waals surface area (Å²) < 4.78 is 39.5. The lowest BCUT2D eigenvalue weighted by Gasteiger charge is -2.28. The van der Waals surface area contributed by atoms with Crippen LogP contribution in [0, 0.1) is 11.8 Å². The van der Waals surface area contributed by atoms with Gasteiger partial charge in [0.2, 0.25) is 11.5 Å². The van der Waals surface area contributed by atoms with Crippen LogP contribution >= 0.6 is 0 Å². The van der Waals surface area contributed by atoms with Crippen LogP contribution in [0.3, 0.4) is 0 Å². The van der Waals surface area contributed by atoms with E-state index >= 15 is 0 Å². The summed E-state index contributed by atoms with van der Waals surface area (Å²) >= 11 is 0. The molecule has 1 fully saturated rings. The van der Waals surface area contributed by atoms with Gasteiger partial charge in [0, 0.05) is 17.0 Å².